The number of nitrogens with two attached hydrogens (primary N) is 1. The smallest absolute Gasteiger partial charge is 0.0713 e. The molecule has 0 amide bonds. The molecule has 0 spiro atoms. The van der Waals surface area contributed by atoms with Gasteiger partial charge >= 0.3 is 0 Å². The van der Waals surface area contributed by atoms with E-state index in [0.717, 1.165) is 17.7 Å². The molecule has 0 fully saturated rings. The van der Waals surface area contributed by atoms with Crippen LogP contribution in [-0.4, -0.2) is 23.4 Å². The van der Waals surface area contributed by atoms with Crippen LogP contribution in [0.5, 0.6) is 0 Å². The van der Waals surface area contributed by atoms with Gasteiger partial charge in [0.25, 0.3) is 0 Å². The minimum Gasteiger partial charge on any atom is -0.380 e. The zero-order chi connectivity index (χ0) is 12.1. The van der Waals surface area contributed by atoms with Crippen LogP contribution in [0.2, 0.25) is 0 Å². The van der Waals surface area contributed by atoms with E-state index in [0.29, 0.717) is 13.2 Å². The minimum absolute atomic E-state index is 0. The molecular formula is C13H18ClN3O. The van der Waals surface area contributed by atoms with Crippen LogP contribution in [0.4, 0.5) is 0 Å². The Morgan fingerprint density at radius 1 is 1.22 bits per heavy atom. The Bertz CT molecular complexity index is 467. The number of methoxy groups -OCH3 is 1. The van der Waals surface area contributed by atoms with Gasteiger partial charge < -0.3 is 10.5 Å². The quantitative estimate of drug-likeness (QED) is 0.902. The Labute approximate surface area is 113 Å². The van der Waals surface area contributed by atoms with Gasteiger partial charge in [0.05, 0.1) is 19.3 Å². The zero-order valence-corrected chi connectivity index (χ0v) is 11.2. The zero-order valence-electron chi connectivity index (χ0n) is 10.4. The molecule has 1 aromatic carbocycles. The molecule has 0 aliphatic carbocycles. The Balaban J connectivity index is 0.00000162. The lowest BCUT2D eigenvalue weighted by atomic mass is 10.1. The van der Waals surface area contributed by atoms with Crippen LogP contribution >= 0.6 is 12.4 Å². The fourth-order valence-corrected chi connectivity index (χ4v) is 1.73. The number of hydrogen-bond acceptors (Lipinski definition) is 3. The summed E-state index contributed by atoms with van der Waals surface area (Å²) in [5.41, 5.74) is 8.93. The molecule has 0 atom stereocenters. The maximum Gasteiger partial charge on any atom is 0.0713 e. The van der Waals surface area contributed by atoms with Gasteiger partial charge in [-0.3, -0.25) is 4.68 Å². The van der Waals surface area contributed by atoms with Crippen molar-refractivity contribution in [3.63, 3.8) is 0 Å². The lowest BCUT2D eigenvalue weighted by Gasteiger charge is -2.01. The monoisotopic (exact) mass is 267 g/mol. The highest BCUT2D eigenvalue weighted by atomic mass is 35.5. The fraction of sp³-hybridized carbons (Fsp3) is 0.308. The van der Waals surface area contributed by atoms with Crippen molar-refractivity contribution in [2.45, 2.75) is 13.2 Å². The first-order chi connectivity index (χ1) is 8.33. The Hall–Kier alpha value is -1.36. The third-order valence-electron chi connectivity index (χ3n) is 2.59. The highest BCUT2D eigenvalue weighted by Gasteiger charge is 2.01. The number of rotatable bonds is 5. The molecule has 0 radical (unpaired) electrons. The van der Waals surface area contributed by atoms with Gasteiger partial charge in [-0.2, -0.15) is 5.10 Å². The summed E-state index contributed by atoms with van der Waals surface area (Å²) in [4.78, 5) is 0. The number of ether oxygens (including phenoxy) is 1. The van der Waals surface area contributed by atoms with Crippen LogP contribution in [-0.2, 0) is 17.9 Å². The summed E-state index contributed by atoms with van der Waals surface area (Å²) >= 11 is 0. The second kappa shape index (κ2) is 7.16. The van der Waals surface area contributed by atoms with Crippen molar-refractivity contribution >= 4 is 12.4 Å². The van der Waals surface area contributed by atoms with E-state index in [1.165, 1.54) is 5.56 Å². The summed E-state index contributed by atoms with van der Waals surface area (Å²) in [6.07, 6.45) is 3.87. The highest BCUT2D eigenvalue weighted by molar-refractivity contribution is 5.85. The minimum atomic E-state index is 0. The van der Waals surface area contributed by atoms with Crippen LogP contribution in [0, 0.1) is 0 Å². The van der Waals surface area contributed by atoms with E-state index in [1.807, 2.05) is 17.1 Å². The van der Waals surface area contributed by atoms with Crippen LogP contribution in [0.1, 0.15) is 5.56 Å². The first kappa shape index (κ1) is 14.7. The number of nitrogens with zero attached hydrogens (tertiary/aromatic N) is 2. The lowest BCUT2D eigenvalue weighted by molar-refractivity contribution is 0.185. The molecule has 5 heteroatoms. The van der Waals surface area contributed by atoms with E-state index in [9.17, 15) is 0 Å². The van der Waals surface area contributed by atoms with Crippen molar-refractivity contribution in [2.75, 3.05) is 13.7 Å². The van der Waals surface area contributed by atoms with E-state index in [2.05, 4.69) is 29.4 Å². The summed E-state index contributed by atoms with van der Waals surface area (Å²) in [7, 11) is 1.70. The molecule has 2 rings (SSSR count). The molecule has 0 saturated carbocycles. The first-order valence-corrected chi connectivity index (χ1v) is 5.64. The maximum absolute atomic E-state index is 5.49. The van der Waals surface area contributed by atoms with Crippen molar-refractivity contribution in [1.82, 2.24) is 9.78 Å². The van der Waals surface area contributed by atoms with Gasteiger partial charge in [0, 0.05) is 25.4 Å². The predicted molar refractivity (Wildman–Crippen MR) is 74.7 cm³/mol. The average molecular weight is 268 g/mol. The van der Waals surface area contributed by atoms with Gasteiger partial charge in [-0.15, -0.1) is 12.4 Å². The number of hydrogen-bond donors (Lipinski definition) is 1. The molecule has 0 unspecified atom stereocenters. The number of benzene rings is 1. The first-order valence-electron chi connectivity index (χ1n) is 5.64. The SMILES string of the molecule is COCc1ccc(-c2cnn(CCN)c2)cc1.Cl. The van der Waals surface area contributed by atoms with Crippen molar-refractivity contribution in [2.24, 2.45) is 5.73 Å². The van der Waals surface area contributed by atoms with Crippen molar-refractivity contribution in [3.05, 3.63) is 42.2 Å². The van der Waals surface area contributed by atoms with Gasteiger partial charge in [0.15, 0.2) is 0 Å². The highest BCUT2D eigenvalue weighted by Crippen LogP contribution is 2.19. The molecule has 1 aromatic heterocycles. The summed E-state index contributed by atoms with van der Waals surface area (Å²) in [5, 5.41) is 4.25. The molecule has 98 valence electrons. The molecule has 0 aliphatic rings. The van der Waals surface area contributed by atoms with E-state index in [1.54, 1.807) is 7.11 Å². The van der Waals surface area contributed by atoms with E-state index in [-0.39, 0.29) is 12.4 Å². The van der Waals surface area contributed by atoms with Gasteiger partial charge in [0.2, 0.25) is 0 Å². The van der Waals surface area contributed by atoms with Crippen molar-refractivity contribution in [1.29, 1.82) is 0 Å². The molecule has 2 aromatic rings. The molecule has 18 heavy (non-hydrogen) atoms. The second-order valence-electron chi connectivity index (χ2n) is 3.91. The number of aromatic nitrogens is 2. The molecule has 0 saturated heterocycles. The van der Waals surface area contributed by atoms with E-state index >= 15 is 0 Å². The standard InChI is InChI=1S/C13H17N3O.ClH/c1-17-10-11-2-4-12(5-3-11)13-8-15-16(9-13)7-6-14;/h2-5,8-9H,6-7,10,14H2,1H3;1H. The summed E-state index contributed by atoms with van der Waals surface area (Å²) in [5.74, 6) is 0. The van der Waals surface area contributed by atoms with Gasteiger partial charge in [0.1, 0.15) is 0 Å². The fourth-order valence-electron chi connectivity index (χ4n) is 1.73. The van der Waals surface area contributed by atoms with Crippen LogP contribution in [0.3, 0.4) is 0 Å². The summed E-state index contributed by atoms with van der Waals surface area (Å²) in [6.45, 7) is 2.00. The Kier molecular flexibility index (Phi) is 5.85. The van der Waals surface area contributed by atoms with Crippen LogP contribution in [0.15, 0.2) is 36.7 Å². The van der Waals surface area contributed by atoms with Crippen molar-refractivity contribution < 1.29 is 4.74 Å². The Morgan fingerprint density at radius 2 is 1.94 bits per heavy atom. The van der Waals surface area contributed by atoms with Gasteiger partial charge in [-0.25, -0.2) is 0 Å². The molecule has 4 nitrogen and oxygen atoms in total. The molecule has 0 bridgehead atoms. The maximum atomic E-state index is 5.49. The van der Waals surface area contributed by atoms with E-state index < -0.39 is 0 Å². The molecule has 0 aliphatic heterocycles. The van der Waals surface area contributed by atoms with E-state index in [4.69, 9.17) is 10.5 Å². The lowest BCUT2D eigenvalue weighted by Crippen LogP contribution is -2.09. The predicted octanol–water partition coefficient (Wildman–Crippen LogP) is 2.08. The molecule has 2 N–H and O–H groups in total. The van der Waals surface area contributed by atoms with Crippen molar-refractivity contribution in [3.8, 4) is 11.1 Å². The molecule has 1 heterocycles. The van der Waals surface area contributed by atoms with Crippen LogP contribution in [0.25, 0.3) is 11.1 Å². The number of halogens is 1. The normalized spacial score (nSPS) is 10.1. The van der Waals surface area contributed by atoms with Gasteiger partial charge in [-0.1, -0.05) is 24.3 Å². The largest absolute Gasteiger partial charge is 0.380 e. The van der Waals surface area contributed by atoms with Gasteiger partial charge in [-0.05, 0) is 11.1 Å². The summed E-state index contributed by atoms with van der Waals surface area (Å²) in [6, 6.07) is 8.30. The third-order valence-corrected chi connectivity index (χ3v) is 2.59. The summed E-state index contributed by atoms with van der Waals surface area (Å²) < 4.78 is 6.94. The topological polar surface area (TPSA) is 53.1 Å². The van der Waals surface area contributed by atoms with Crippen LogP contribution < -0.4 is 5.73 Å². The molecular weight excluding hydrogens is 250 g/mol. The Morgan fingerprint density at radius 3 is 2.56 bits per heavy atom. The average Bonchev–Trinajstić information content (AvgIpc) is 2.80. The third kappa shape index (κ3) is 3.57. The second-order valence-corrected chi connectivity index (χ2v) is 3.91.